The number of aliphatic carboxylic acids is 1. The van der Waals surface area contributed by atoms with E-state index in [0.717, 1.165) is 17.0 Å². The van der Waals surface area contributed by atoms with Crippen molar-refractivity contribution in [3.05, 3.63) is 29.8 Å². The van der Waals surface area contributed by atoms with Crippen molar-refractivity contribution in [2.24, 2.45) is 5.92 Å². The zero-order valence-electron chi connectivity index (χ0n) is 12.0. The van der Waals surface area contributed by atoms with Gasteiger partial charge in [0.25, 0.3) is 0 Å². The Labute approximate surface area is 130 Å². The second-order valence-corrected chi connectivity index (χ2v) is 5.91. The first-order chi connectivity index (χ1) is 10.8. The summed E-state index contributed by atoms with van der Waals surface area (Å²) in [5.41, 5.74) is -1.18. The summed E-state index contributed by atoms with van der Waals surface area (Å²) in [7, 11) is 0. The zero-order valence-corrected chi connectivity index (χ0v) is 12.0. The van der Waals surface area contributed by atoms with Gasteiger partial charge >= 0.3 is 5.97 Å². The van der Waals surface area contributed by atoms with E-state index in [4.69, 9.17) is 5.11 Å². The smallest absolute Gasteiger partial charge is 0.329 e. The Morgan fingerprint density at radius 3 is 2.35 bits per heavy atom. The molecule has 2 fully saturated rings. The molecular weight excluding hydrogens is 310 g/mol. The molecule has 1 saturated heterocycles. The van der Waals surface area contributed by atoms with Crippen molar-refractivity contribution in [1.82, 2.24) is 5.32 Å². The predicted molar refractivity (Wildman–Crippen MR) is 74.6 cm³/mol. The number of benzene rings is 1. The summed E-state index contributed by atoms with van der Waals surface area (Å²) in [4.78, 5) is 36.4. The summed E-state index contributed by atoms with van der Waals surface area (Å²) < 4.78 is 26.5. The Balaban J connectivity index is 1.72. The van der Waals surface area contributed by atoms with Crippen LogP contribution in [0.25, 0.3) is 0 Å². The number of carbonyl (C=O) groups is 3. The predicted octanol–water partition coefficient (Wildman–Crippen LogP) is 1.05. The van der Waals surface area contributed by atoms with Crippen LogP contribution in [0.15, 0.2) is 18.2 Å². The number of hydrogen-bond acceptors (Lipinski definition) is 3. The first kappa shape index (κ1) is 15.4. The molecule has 0 aromatic heterocycles. The second-order valence-electron chi connectivity index (χ2n) is 5.91. The quantitative estimate of drug-likeness (QED) is 0.867. The fourth-order valence-corrected chi connectivity index (χ4v) is 2.68. The van der Waals surface area contributed by atoms with Crippen molar-refractivity contribution in [3.8, 4) is 0 Å². The third-order valence-electron chi connectivity index (χ3n) is 4.18. The summed E-state index contributed by atoms with van der Waals surface area (Å²) in [5.74, 6) is -4.44. The molecule has 1 atom stereocenters. The summed E-state index contributed by atoms with van der Waals surface area (Å²) in [6, 6.07) is 2.72. The Hall–Kier alpha value is -2.51. The van der Waals surface area contributed by atoms with Crippen LogP contribution in [0, 0.1) is 17.6 Å². The highest BCUT2D eigenvalue weighted by Crippen LogP contribution is 2.36. The molecule has 1 saturated carbocycles. The summed E-state index contributed by atoms with van der Waals surface area (Å²) in [6.45, 7) is -0.0384. The Kier molecular flexibility index (Phi) is 3.54. The van der Waals surface area contributed by atoms with Gasteiger partial charge in [-0.05, 0) is 25.0 Å². The molecule has 2 N–H and O–H groups in total. The molecule has 1 aliphatic carbocycles. The SMILES string of the molecule is O=C(NC1(C(=O)O)CC1)[C@@H]1CC(=O)N(c2cc(F)cc(F)c2)C1. The van der Waals surface area contributed by atoms with Crippen LogP contribution in [0.4, 0.5) is 14.5 Å². The Morgan fingerprint density at radius 1 is 1.22 bits per heavy atom. The first-order valence-electron chi connectivity index (χ1n) is 7.13. The van der Waals surface area contributed by atoms with Crippen LogP contribution in [-0.2, 0) is 14.4 Å². The molecule has 0 radical (unpaired) electrons. The van der Waals surface area contributed by atoms with Gasteiger partial charge in [-0.2, -0.15) is 0 Å². The van der Waals surface area contributed by atoms with Crippen LogP contribution in [0.5, 0.6) is 0 Å². The average molecular weight is 324 g/mol. The lowest BCUT2D eigenvalue weighted by atomic mass is 10.1. The summed E-state index contributed by atoms with van der Waals surface area (Å²) in [6.07, 6.45) is 0.584. The zero-order chi connectivity index (χ0) is 16.8. The van der Waals surface area contributed by atoms with Crippen molar-refractivity contribution in [3.63, 3.8) is 0 Å². The van der Waals surface area contributed by atoms with Gasteiger partial charge in [-0.1, -0.05) is 0 Å². The molecule has 1 aromatic carbocycles. The molecule has 0 bridgehead atoms. The lowest BCUT2D eigenvalue weighted by molar-refractivity contribution is -0.143. The number of carbonyl (C=O) groups excluding carboxylic acids is 2. The van der Waals surface area contributed by atoms with Gasteiger partial charge in [0.05, 0.1) is 5.92 Å². The Morgan fingerprint density at radius 2 is 1.83 bits per heavy atom. The summed E-state index contributed by atoms with van der Waals surface area (Å²) >= 11 is 0. The molecule has 0 spiro atoms. The second kappa shape index (κ2) is 5.29. The van der Waals surface area contributed by atoms with E-state index in [-0.39, 0.29) is 18.7 Å². The van der Waals surface area contributed by atoms with E-state index in [9.17, 15) is 23.2 Å². The van der Waals surface area contributed by atoms with Crippen LogP contribution in [0.1, 0.15) is 19.3 Å². The lowest BCUT2D eigenvalue weighted by Gasteiger charge is -2.18. The highest BCUT2D eigenvalue weighted by Gasteiger charge is 2.52. The molecule has 8 heteroatoms. The fourth-order valence-electron chi connectivity index (χ4n) is 2.68. The normalized spacial score (nSPS) is 22.1. The average Bonchev–Trinajstić information content (AvgIpc) is 3.12. The van der Waals surface area contributed by atoms with E-state index in [2.05, 4.69) is 5.32 Å². The van der Waals surface area contributed by atoms with Crippen molar-refractivity contribution < 1.29 is 28.3 Å². The summed E-state index contributed by atoms with van der Waals surface area (Å²) in [5, 5.41) is 11.5. The van der Waals surface area contributed by atoms with Crippen LogP contribution in [-0.4, -0.2) is 35.0 Å². The molecule has 1 aliphatic heterocycles. The molecule has 1 heterocycles. The van der Waals surface area contributed by atoms with Crippen LogP contribution >= 0.6 is 0 Å². The van der Waals surface area contributed by atoms with Gasteiger partial charge in [0, 0.05) is 24.7 Å². The monoisotopic (exact) mass is 324 g/mol. The number of nitrogens with zero attached hydrogens (tertiary/aromatic N) is 1. The number of carboxylic acids is 1. The molecule has 6 nitrogen and oxygen atoms in total. The van der Waals surface area contributed by atoms with Crippen molar-refractivity contribution in [2.45, 2.75) is 24.8 Å². The van der Waals surface area contributed by atoms with E-state index in [1.165, 1.54) is 0 Å². The van der Waals surface area contributed by atoms with Crippen LogP contribution in [0.2, 0.25) is 0 Å². The van der Waals surface area contributed by atoms with Crippen molar-refractivity contribution in [1.29, 1.82) is 0 Å². The van der Waals surface area contributed by atoms with E-state index < -0.39 is 40.9 Å². The van der Waals surface area contributed by atoms with Gasteiger partial charge in [-0.15, -0.1) is 0 Å². The number of amides is 2. The largest absolute Gasteiger partial charge is 0.480 e. The highest BCUT2D eigenvalue weighted by atomic mass is 19.1. The Bertz CT molecular complexity index is 682. The molecule has 3 rings (SSSR count). The van der Waals surface area contributed by atoms with Gasteiger partial charge in [0.2, 0.25) is 11.8 Å². The van der Waals surface area contributed by atoms with Gasteiger partial charge in [0.1, 0.15) is 17.2 Å². The third-order valence-corrected chi connectivity index (χ3v) is 4.18. The van der Waals surface area contributed by atoms with Gasteiger partial charge in [-0.3, -0.25) is 9.59 Å². The van der Waals surface area contributed by atoms with E-state index >= 15 is 0 Å². The standard InChI is InChI=1S/C15H14F2N2O4/c16-9-4-10(17)6-11(5-9)19-7-8(3-12(19)20)13(21)18-15(1-2-15)14(22)23/h4-6,8H,1-3,7H2,(H,18,21)(H,22,23)/t8-/m1/s1. The maximum atomic E-state index is 13.3. The number of rotatable bonds is 4. The number of hydrogen-bond donors (Lipinski definition) is 2. The van der Waals surface area contributed by atoms with Gasteiger partial charge < -0.3 is 15.3 Å². The van der Waals surface area contributed by atoms with Crippen molar-refractivity contribution >= 4 is 23.5 Å². The van der Waals surface area contributed by atoms with Crippen molar-refractivity contribution in [2.75, 3.05) is 11.4 Å². The third kappa shape index (κ3) is 2.88. The minimum atomic E-state index is -1.22. The number of carboxylic acid groups (broad SMARTS) is 1. The first-order valence-corrected chi connectivity index (χ1v) is 7.13. The van der Waals surface area contributed by atoms with E-state index in [1.807, 2.05) is 0 Å². The maximum Gasteiger partial charge on any atom is 0.329 e. The minimum absolute atomic E-state index is 0.0384. The van der Waals surface area contributed by atoms with Crippen LogP contribution < -0.4 is 10.2 Å². The molecule has 2 aliphatic rings. The molecular formula is C15H14F2N2O4. The molecule has 122 valence electrons. The van der Waals surface area contributed by atoms with E-state index in [1.54, 1.807) is 0 Å². The number of anilines is 1. The molecule has 1 aromatic rings. The highest BCUT2D eigenvalue weighted by molar-refractivity contribution is 6.01. The fraction of sp³-hybridized carbons (Fsp3) is 0.400. The van der Waals surface area contributed by atoms with E-state index in [0.29, 0.717) is 18.9 Å². The maximum absolute atomic E-state index is 13.3. The van der Waals surface area contributed by atoms with Gasteiger partial charge in [-0.25, -0.2) is 13.6 Å². The number of halogens is 2. The molecule has 23 heavy (non-hydrogen) atoms. The minimum Gasteiger partial charge on any atom is -0.480 e. The topological polar surface area (TPSA) is 86.7 Å². The molecule has 0 unspecified atom stereocenters. The number of nitrogens with one attached hydrogen (secondary N) is 1. The lowest BCUT2D eigenvalue weighted by Crippen LogP contribution is -2.46. The van der Waals surface area contributed by atoms with Crippen LogP contribution in [0.3, 0.4) is 0 Å². The molecule has 2 amide bonds. The van der Waals surface area contributed by atoms with Gasteiger partial charge in [0.15, 0.2) is 0 Å².